The predicted molar refractivity (Wildman–Crippen MR) is 51.9 cm³/mol. The van der Waals surface area contributed by atoms with Crippen LogP contribution in [0.1, 0.15) is 0 Å². The third kappa shape index (κ3) is 1.55. The van der Waals surface area contributed by atoms with Gasteiger partial charge in [-0.2, -0.15) is 9.78 Å². The van der Waals surface area contributed by atoms with E-state index in [4.69, 9.17) is 0 Å². The number of hydrogen-bond acceptors (Lipinski definition) is 2. The maximum absolute atomic E-state index is 11.2. The Morgan fingerprint density at radius 2 is 2.31 bits per heavy atom. The zero-order valence-electron chi connectivity index (χ0n) is 6.57. The maximum atomic E-state index is 11.2. The molecule has 1 aromatic carbocycles. The average Bonchev–Trinajstić information content (AvgIpc) is 2.51. The van der Waals surface area contributed by atoms with Gasteiger partial charge in [0, 0.05) is 4.47 Å². The van der Waals surface area contributed by atoms with Crippen molar-refractivity contribution in [3.63, 3.8) is 0 Å². The fourth-order valence-electron chi connectivity index (χ4n) is 1.05. The molecule has 0 saturated carbocycles. The molecule has 2 aromatic rings. The lowest BCUT2D eigenvalue weighted by atomic mass is 10.3. The van der Waals surface area contributed by atoms with Crippen LogP contribution < -0.4 is 5.69 Å². The zero-order valence-corrected chi connectivity index (χ0v) is 8.15. The molecule has 0 atom stereocenters. The standard InChI is InChI=1S/C8H6BrN3O/c9-6-2-1-3-7(4-6)12-8(13)10-5-11-12/h1-5H,(H,10,11,13). The van der Waals surface area contributed by atoms with Gasteiger partial charge in [-0.1, -0.05) is 22.0 Å². The van der Waals surface area contributed by atoms with Crippen molar-refractivity contribution in [2.75, 3.05) is 0 Å². The first-order valence-corrected chi connectivity index (χ1v) is 4.45. The summed E-state index contributed by atoms with van der Waals surface area (Å²) >= 11 is 3.32. The van der Waals surface area contributed by atoms with E-state index in [9.17, 15) is 4.79 Å². The lowest BCUT2D eigenvalue weighted by molar-refractivity contribution is 0.842. The third-order valence-corrected chi connectivity index (χ3v) is 2.10. The first-order chi connectivity index (χ1) is 6.27. The summed E-state index contributed by atoms with van der Waals surface area (Å²) in [6.45, 7) is 0. The van der Waals surface area contributed by atoms with Crippen LogP contribution in [0, 0.1) is 0 Å². The Morgan fingerprint density at radius 3 is 2.92 bits per heavy atom. The summed E-state index contributed by atoms with van der Waals surface area (Å²) in [4.78, 5) is 13.6. The number of rotatable bonds is 1. The molecule has 0 aliphatic rings. The fourth-order valence-corrected chi connectivity index (χ4v) is 1.43. The third-order valence-electron chi connectivity index (χ3n) is 1.61. The Labute approximate surface area is 82.3 Å². The molecular formula is C8H6BrN3O. The first-order valence-electron chi connectivity index (χ1n) is 3.66. The van der Waals surface area contributed by atoms with Gasteiger partial charge < -0.3 is 0 Å². The largest absolute Gasteiger partial charge is 0.347 e. The number of benzene rings is 1. The number of nitrogens with one attached hydrogen (secondary N) is 1. The number of H-pyrrole nitrogens is 1. The normalized spacial score (nSPS) is 10.2. The summed E-state index contributed by atoms with van der Waals surface area (Å²) in [5.41, 5.74) is 0.499. The molecule has 5 heteroatoms. The van der Waals surface area contributed by atoms with Crippen LogP contribution in [-0.4, -0.2) is 14.8 Å². The summed E-state index contributed by atoms with van der Waals surface area (Å²) < 4.78 is 2.21. The molecule has 0 unspecified atom stereocenters. The highest BCUT2D eigenvalue weighted by molar-refractivity contribution is 9.10. The Morgan fingerprint density at radius 1 is 1.46 bits per heavy atom. The van der Waals surface area contributed by atoms with Crippen LogP contribution in [0.2, 0.25) is 0 Å². The topological polar surface area (TPSA) is 50.7 Å². The molecular weight excluding hydrogens is 234 g/mol. The molecule has 0 amide bonds. The summed E-state index contributed by atoms with van der Waals surface area (Å²) in [5, 5.41) is 3.85. The molecule has 1 heterocycles. The molecule has 4 nitrogen and oxygen atoms in total. The van der Waals surface area contributed by atoms with Gasteiger partial charge in [0.05, 0.1) is 5.69 Å². The Bertz CT molecular complexity index is 474. The minimum Gasteiger partial charge on any atom is -0.295 e. The van der Waals surface area contributed by atoms with Crippen LogP contribution in [0.3, 0.4) is 0 Å². The highest BCUT2D eigenvalue weighted by Crippen LogP contribution is 2.12. The lowest BCUT2D eigenvalue weighted by Crippen LogP contribution is -2.15. The highest BCUT2D eigenvalue weighted by Gasteiger charge is 2.00. The average molecular weight is 240 g/mol. The fraction of sp³-hybridized carbons (Fsp3) is 0. The van der Waals surface area contributed by atoms with Crippen molar-refractivity contribution in [3.8, 4) is 5.69 Å². The van der Waals surface area contributed by atoms with Crippen molar-refractivity contribution >= 4 is 15.9 Å². The Balaban J connectivity index is 2.59. The first kappa shape index (κ1) is 8.25. The van der Waals surface area contributed by atoms with Gasteiger partial charge in [0.1, 0.15) is 6.33 Å². The summed E-state index contributed by atoms with van der Waals surface area (Å²) in [7, 11) is 0. The number of hydrogen-bond donors (Lipinski definition) is 1. The van der Waals surface area contributed by atoms with Gasteiger partial charge in [-0.3, -0.25) is 4.98 Å². The Kier molecular flexibility index (Phi) is 2.02. The minimum absolute atomic E-state index is 0.238. The van der Waals surface area contributed by atoms with Crippen molar-refractivity contribution in [1.82, 2.24) is 14.8 Å². The lowest BCUT2D eigenvalue weighted by Gasteiger charge is -1.98. The molecule has 0 saturated heterocycles. The smallest absolute Gasteiger partial charge is 0.295 e. The molecule has 2 rings (SSSR count). The molecule has 66 valence electrons. The summed E-state index contributed by atoms with van der Waals surface area (Å²) in [5.74, 6) is 0. The van der Waals surface area contributed by atoms with Crippen LogP contribution in [-0.2, 0) is 0 Å². The molecule has 0 spiro atoms. The summed E-state index contributed by atoms with van der Waals surface area (Å²) in [6.07, 6.45) is 1.36. The van der Waals surface area contributed by atoms with Crippen LogP contribution in [0.5, 0.6) is 0 Å². The van der Waals surface area contributed by atoms with E-state index in [2.05, 4.69) is 26.0 Å². The van der Waals surface area contributed by atoms with E-state index in [1.165, 1.54) is 11.0 Å². The van der Waals surface area contributed by atoms with Gasteiger partial charge in [0.2, 0.25) is 0 Å². The predicted octanol–water partition coefficient (Wildman–Crippen LogP) is 1.32. The van der Waals surface area contributed by atoms with E-state index >= 15 is 0 Å². The molecule has 1 aromatic heterocycles. The van der Waals surface area contributed by atoms with Crippen molar-refractivity contribution in [2.24, 2.45) is 0 Å². The van der Waals surface area contributed by atoms with Gasteiger partial charge in [-0.25, -0.2) is 4.79 Å². The van der Waals surface area contributed by atoms with Crippen LogP contribution in [0.15, 0.2) is 39.9 Å². The molecule has 0 fully saturated rings. The van der Waals surface area contributed by atoms with Gasteiger partial charge in [-0.05, 0) is 18.2 Å². The van der Waals surface area contributed by atoms with Gasteiger partial charge in [-0.15, -0.1) is 0 Å². The molecule has 0 aliphatic heterocycles. The maximum Gasteiger partial charge on any atom is 0.347 e. The molecule has 0 aliphatic carbocycles. The quantitative estimate of drug-likeness (QED) is 0.817. The number of aromatic nitrogens is 3. The van der Waals surface area contributed by atoms with Crippen molar-refractivity contribution in [2.45, 2.75) is 0 Å². The van der Waals surface area contributed by atoms with E-state index in [0.29, 0.717) is 0 Å². The zero-order chi connectivity index (χ0) is 9.26. The van der Waals surface area contributed by atoms with E-state index in [-0.39, 0.29) is 5.69 Å². The van der Waals surface area contributed by atoms with E-state index < -0.39 is 0 Å². The molecule has 13 heavy (non-hydrogen) atoms. The SMILES string of the molecule is O=c1[nH]cnn1-c1cccc(Br)c1. The van der Waals surface area contributed by atoms with E-state index in [1.807, 2.05) is 24.3 Å². The van der Waals surface area contributed by atoms with Crippen LogP contribution in [0.4, 0.5) is 0 Å². The van der Waals surface area contributed by atoms with Gasteiger partial charge in [0.15, 0.2) is 0 Å². The highest BCUT2D eigenvalue weighted by atomic mass is 79.9. The van der Waals surface area contributed by atoms with Crippen molar-refractivity contribution in [3.05, 3.63) is 45.5 Å². The van der Waals surface area contributed by atoms with E-state index in [0.717, 1.165) is 10.2 Å². The van der Waals surface area contributed by atoms with Crippen molar-refractivity contribution in [1.29, 1.82) is 0 Å². The monoisotopic (exact) mass is 239 g/mol. The van der Waals surface area contributed by atoms with Crippen molar-refractivity contribution < 1.29 is 0 Å². The van der Waals surface area contributed by atoms with E-state index in [1.54, 1.807) is 0 Å². The molecule has 0 bridgehead atoms. The molecule has 0 radical (unpaired) electrons. The summed E-state index contributed by atoms with van der Waals surface area (Å²) in [6, 6.07) is 7.37. The van der Waals surface area contributed by atoms with Crippen LogP contribution >= 0.6 is 15.9 Å². The minimum atomic E-state index is -0.238. The second-order valence-corrected chi connectivity index (χ2v) is 3.40. The van der Waals surface area contributed by atoms with Gasteiger partial charge >= 0.3 is 5.69 Å². The van der Waals surface area contributed by atoms with Gasteiger partial charge in [0.25, 0.3) is 0 Å². The second-order valence-electron chi connectivity index (χ2n) is 2.49. The second kappa shape index (κ2) is 3.18. The molecule has 1 N–H and O–H groups in total. The van der Waals surface area contributed by atoms with Crippen LogP contribution in [0.25, 0.3) is 5.69 Å². The number of halogens is 1. The number of aromatic amines is 1. The Hall–Kier alpha value is -1.36. The number of nitrogens with zero attached hydrogens (tertiary/aromatic N) is 2.